The van der Waals surface area contributed by atoms with Gasteiger partial charge in [0.25, 0.3) is 0 Å². The van der Waals surface area contributed by atoms with Gasteiger partial charge in [0, 0.05) is 0 Å². The maximum atomic E-state index is 0. The first-order valence-electron chi connectivity index (χ1n) is 0. The van der Waals surface area contributed by atoms with Crippen LogP contribution in [0, 0.1) is 0 Å². The standard InChI is InChI=1S/2In.H3P.Sb.9H/h;;1H3;;;;;;;;;;. The zero-order chi connectivity index (χ0) is 0. The van der Waals surface area contributed by atoms with Gasteiger partial charge in [-0.25, -0.2) is 0 Å². The molecule has 0 amide bonds. The Morgan fingerprint density at radius 1 is 0.750 bits per heavy atom. The second kappa shape index (κ2) is 16.7. The molecule has 1 atom stereocenters. The van der Waals surface area contributed by atoms with Crippen molar-refractivity contribution in [1.29, 1.82) is 0 Å². The molecule has 4 heavy (non-hydrogen) atoms. The van der Waals surface area contributed by atoms with Gasteiger partial charge in [-0.3, -0.25) is 0 Å². The third kappa shape index (κ3) is 8.89. The quantitative estimate of drug-likeness (QED) is 0.296. The van der Waals surface area contributed by atoms with Crippen molar-refractivity contribution in [3.8, 4) is 0 Å². The monoisotopic (exact) mass is 394 g/mol. The molecule has 0 radical (unpaired) electrons. The Morgan fingerprint density at radius 3 is 0.750 bits per heavy atom. The van der Waals surface area contributed by atoms with E-state index < -0.39 is 0 Å². The maximum absolute atomic E-state index is 0. The zero-order valence-corrected chi connectivity index (χ0v) is 6.86. The Balaban J connectivity index is 0. The van der Waals surface area contributed by atoms with Gasteiger partial charge in [0.15, 0.2) is 0 Å². The molecule has 0 N–H and O–H groups in total. The topological polar surface area (TPSA) is 0 Å². The van der Waals surface area contributed by atoms with E-state index in [1.807, 2.05) is 0 Å². The molecule has 0 aliphatic rings. The van der Waals surface area contributed by atoms with Crippen LogP contribution in [0.1, 0.15) is 0 Å². The first kappa shape index (κ1) is 28.1. The molecular formula is H12In2PSb. The number of rotatable bonds is 0. The summed E-state index contributed by atoms with van der Waals surface area (Å²) in [5.41, 5.74) is 0. The molecule has 0 spiro atoms. The van der Waals surface area contributed by atoms with E-state index in [2.05, 4.69) is 0 Å². The minimum atomic E-state index is 0. The van der Waals surface area contributed by atoms with Crippen LogP contribution in [0.2, 0.25) is 0 Å². The molecule has 28 valence electrons. The van der Waals surface area contributed by atoms with Crippen molar-refractivity contribution in [2.75, 3.05) is 0 Å². The van der Waals surface area contributed by atoms with Gasteiger partial charge < -0.3 is 0 Å². The van der Waals surface area contributed by atoms with Gasteiger partial charge in [-0.2, -0.15) is 9.90 Å². The molecule has 0 bridgehead atoms. The van der Waals surface area contributed by atoms with E-state index >= 15 is 0 Å². The van der Waals surface area contributed by atoms with Crippen LogP contribution in [0.4, 0.5) is 0 Å². The van der Waals surface area contributed by atoms with E-state index in [-0.39, 0.29) is 86.0 Å². The molecule has 0 rings (SSSR count). The van der Waals surface area contributed by atoms with E-state index in [0.29, 0.717) is 0 Å². The van der Waals surface area contributed by atoms with Gasteiger partial charge in [-0.1, -0.05) is 0 Å². The van der Waals surface area contributed by atoms with Gasteiger partial charge in [0.1, 0.15) is 0 Å². The molecule has 4 heteroatoms. The van der Waals surface area contributed by atoms with Crippen LogP contribution in [-0.2, 0) is 0 Å². The first-order valence-corrected chi connectivity index (χ1v) is 0. The predicted molar refractivity (Wildman–Crippen MR) is 40.9 cm³/mol. The molecule has 0 heterocycles. The average Bonchev–Trinajstić information content (AvgIpc) is 0. The number of hydrogen-bond acceptors (Lipinski definition) is 0. The van der Waals surface area contributed by atoms with E-state index in [9.17, 15) is 0 Å². The van der Waals surface area contributed by atoms with Crippen molar-refractivity contribution in [3.63, 3.8) is 0 Å². The summed E-state index contributed by atoms with van der Waals surface area (Å²) in [7, 11) is 0. The Morgan fingerprint density at radius 2 is 0.750 bits per heavy atom. The van der Waals surface area contributed by atoms with Crippen molar-refractivity contribution in [2.45, 2.75) is 0 Å². The van der Waals surface area contributed by atoms with Gasteiger partial charge in [0.2, 0.25) is 0 Å². The summed E-state index contributed by atoms with van der Waals surface area (Å²) in [4.78, 5) is 0. The summed E-state index contributed by atoms with van der Waals surface area (Å²) < 4.78 is 0. The van der Waals surface area contributed by atoms with E-state index in [4.69, 9.17) is 0 Å². The van der Waals surface area contributed by atoms with Crippen LogP contribution >= 0.6 is 9.90 Å². The van der Waals surface area contributed by atoms with Crippen LogP contribution in [0.3, 0.4) is 0 Å². The zero-order valence-electron chi connectivity index (χ0n) is 1.41. The van der Waals surface area contributed by atoms with Crippen LogP contribution in [0.15, 0.2) is 0 Å². The molecule has 0 aliphatic carbocycles. The second-order valence-electron chi connectivity index (χ2n) is 0. The molecular weight excluding hydrogens is 382 g/mol. The fraction of sp³-hybridized carbons (Fsp3) is 0. The van der Waals surface area contributed by atoms with Gasteiger partial charge in [0.05, 0.1) is 0 Å². The SMILES string of the molecule is P.[InH3].[InH3].[SbH3]. The third-order valence-corrected chi connectivity index (χ3v) is 0. The summed E-state index contributed by atoms with van der Waals surface area (Å²) in [5, 5.41) is 0. The van der Waals surface area contributed by atoms with Crippen LogP contribution in [0.25, 0.3) is 0 Å². The van der Waals surface area contributed by atoms with Crippen molar-refractivity contribution in [1.82, 2.24) is 0 Å². The van der Waals surface area contributed by atoms with Crippen LogP contribution in [0.5, 0.6) is 0 Å². The van der Waals surface area contributed by atoms with E-state index in [0.717, 1.165) is 0 Å². The first-order chi connectivity index (χ1) is 0. The minimum absolute atomic E-state index is 0. The molecule has 0 saturated heterocycles. The third-order valence-electron chi connectivity index (χ3n) is 0. The second-order valence-corrected chi connectivity index (χ2v) is 0. The van der Waals surface area contributed by atoms with Gasteiger partial charge >= 0.3 is 76.1 Å². The normalized spacial score (nSPS) is 0. The van der Waals surface area contributed by atoms with Crippen LogP contribution in [-0.4, -0.2) is 76.1 Å². The summed E-state index contributed by atoms with van der Waals surface area (Å²) in [6, 6.07) is 0. The summed E-state index contributed by atoms with van der Waals surface area (Å²) >= 11 is 0. The van der Waals surface area contributed by atoms with Crippen molar-refractivity contribution < 1.29 is 0 Å². The molecule has 0 aromatic heterocycles. The predicted octanol–water partition coefficient (Wildman–Crippen LogP) is -3.49. The molecule has 0 fully saturated rings. The summed E-state index contributed by atoms with van der Waals surface area (Å²) in [6.45, 7) is 0. The Kier molecular flexibility index (Phi) is 117. The van der Waals surface area contributed by atoms with E-state index in [1.54, 1.807) is 0 Å². The Hall–Kier alpha value is 2.99. The fourth-order valence-corrected chi connectivity index (χ4v) is 0. The molecule has 0 nitrogen and oxygen atoms in total. The molecule has 0 aromatic rings. The van der Waals surface area contributed by atoms with Crippen molar-refractivity contribution in [3.05, 3.63) is 0 Å². The fourth-order valence-electron chi connectivity index (χ4n) is 0. The average molecular weight is 394 g/mol. The van der Waals surface area contributed by atoms with Crippen molar-refractivity contribution >= 4 is 86.0 Å². The number of hydrogen-bond donors (Lipinski definition) is 0. The molecule has 0 aliphatic heterocycles. The van der Waals surface area contributed by atoms with Crippen LogP contribution < -0.4 is 0 Å². The summed E-state index contributed by atoms with van der Waals surface area (Å²) in [5.74, 6) is 0. The Labute approximate surface area is 84.5 Å². The van der Waals surface area contributed by atoms with Crippen molar-refractivity contribution in [2.24, 2.45) is 0 Å². The van der Waals surface area contributed by atoms with E-state index in [1.165, 1.54) is 0 Å². The van der Waals surface area contributed by atoms with Gasteiger partial charge in [-0.15, -0.1) is 0 Å². The molecule has 0 aromatic carbocycles. The molecule has 0 saturated carbocycles. The molecule has 1 unspecified atom stereocenters. The Bertz CT molecular complexity index is 6.00. The van der Waals surface area contributed by atoms with Gasteiger partial charge in [-0.05, 0) is 0 Å². The summed E-state index contributed by atoms with van der Waals surface area (Å²) in [6.07, 6.45) is 0.